The molecule has 2 unspecified atom stereocenters. The Kier molecular flexibility index (Phi) is 3.77. The average molecular weight is 213 g/mol. The minimum absolute atomic E-state index is 0.525. The van der Waals surface area contributed by atoms with Gasteiger partial charge in [-0.05, 0) is 32.2 Å². The molecule has 1 rings (SSSR count). The number of nitrogens with zero attached hydrogens (tertiary/aromatic N) is 1. The lowest BCUT2D eigenvalue weighted by Gasteiger charge is -2.31. The number of aliphatic carboxylic acids is 1. The standard InChI is InChI=1S/C12H23NO2/c1-5-10(9(2)3)13-7-6-12(4,8-13)11(14)15/h9-10H,5-8H2,1-4H3,(H,14,15). The predicted octanol–water partition coefficient (Wildman–Crippen LogP) is 2.22. The maximum Gasteiger partial charge on any atom is 0.310 e. The number of hydrogen-bond donors (Lipinski definition) is 1. The molecule has 1 heterocycles. The molecule has 3 heteroatoms. The second kappa shape index (κ2) is 4.52. The molecular formula is C12H23NO2. The van der Waals surface area contributed by atoms with Gasteiger partial charge in [0, 0.05) is 12.6 Å². The van der Waals surface area contributed by atoms with E-state index in [0.717, 1.165) is 19.4 Å². The Morgan fingerprint density at radius 1 is 1.53 bits per heavy atom. The second-order valence-corrected chi connectivity index (χ2v) is 5.31. The Labute approximate surface area is 92.5 Å². The van der Waals surface area contributed by atoms with Gasteiger partial charge in [0.1, 0.15) is 0 Å². The van der Waals surface area contributed by atoms with E-state index in [9.17, 15) is 4.79 Å². The Morgan fingerprint density at radius 2 is 2.13 bits per heavy atom. The van der Waals surface area contributed by atoms with Crippen LogP contribution in [-0.2, 0) is 4.79 Å². The van der Waals surface area contributed by atoms with Crippen molar-refractivity contribution >= 4 is 5.97 Å². The summed E-state index contributed by atoms with van der Waals surface area (Å²) in [5, 5.41) is 9.16. The highest BCUT2D eigenvalue weighted by Crippen LogP contribution is 2.33. The van der Waals surface area contributed by atoms with Crippen LogP contribution in [0.3, 0.4) is 0 Å². The molecule has 88 valence electrons. The Hall–Kier alpha value is -0.570. The molecule has 1 fully saturated rings. The molecule has 3 nitrogen and oxygen atoms in total. The maximum atomic E-state index is 11.1. The zero-order valence-corrected chi connectivity index (χ0v) is 10.3. The molecular weight excluding hydrogens is 190 g/mol. The summed E-state index contributed by atoms with van der Waals surface area (Å²) in [6, 6.07) is 0.533. The van der Waals surface area contributed by atoms with Crippen LogP contribution in [0.1, 0.15) is 40.5 Å². The first kappa shape index (κ1) is 12.5. The van der Waals surface area contributed by atoms with Gasteiger partial charge >= 0.3 is 5.97 Å². The van der Waals surface area contributed by atoms with Gasteiger partial charge in [-0.2, -0.15) is 0 Å². The molecule has 1 saturated heterocycles. The van der Waals surface area contributed by atoms with Crippen LogP contribution in [0.15, 0.2) is 0 Å². The van der Waals surface area contributed by atoms with Crippen LogP contribution >= 0.6 is 0 Å². The first-order valence-electron chi connectivity index (χ1n) is 5.88. The minimum Gasteiger partial charge on any atom is -0.481 e. The zero-order valence-electron chi connectivity index (χ0n) is 10.3. The van der Waals surface area contributed by atoms with Gasteiger partial charge in [-0.1, -0.05) is 20.8 Å². The van der Waals surface area contributed by atoms with Gasteiger partial charge in [-0.25, -0.2) is 0 Å². The molecule has 1 N–H and O–H groups in total. The van der Waals surface area contributed by atoms with Crippen molar-refractivity contribution in [1.29, 1.82) is 0 Å². The molecule has 0 radical (unpaired) electrons. The van der Waals surface area contributed by atoms with Crippen molar-refractivity contribution in [3.8, 4) is 0 Å². The molecule has 15 heavy (non-hydrogen) atoms. The number of likely N-dealkylation sites (tertiary alicyclic amines) is 1. The highest BCUT2D eigenvalue weighted by Gasteiger charge is 2.42. The quantitative estimate of drug-likeness (QED) is 0.778. The monoisotopic (exact) mass is 213 g/mol. The topological polar surface area (TPSA) is 40.5 Å². The van der Waals surface area contributed by atoms with Gasteiger partial charge in [0.25, 0.3) is 0 Å². The Bertz CT molecular complexity index is 240. The van der Waals surface area contributed by atoms with Crippen molar-refractivity contribution in [3.05, 3.63) is 0 Å². The molecule has 0 amide bonds. The van der Waals surface area contributed by atoms with Gasteiger partial charge < -0.3 is 5.11 Å². The predicted molar refractivity (Wildman–Crippen MR) is 60.8 cm³/mol. The number of rotatable bonds is 4. The highest BCUT2D eigenvalue weighted by molar-refractivity contribution is 5.74. The van der Waals surface area contributed by atoms with E-state index in [0.29, 0.717) is 18.5 Å². The number of carboxylic acids is 1. The SMILES string of the molecule is CCC(C(C)C)N1CCC(C)(C(=O)O)C1. The Morgan fingerprint density at radius 3 is 2.47 bits per heavy atom. The van der Waals surface area contributed by atoms with Crippen molar-refractivity contribution in [3.63, 3.8) is 0 Å². The number of carbonyl (C=O) groups is 1. The van der Waals surface area contributed by atoms with Gasteiger partial charge in [0.15, 0.2) is 0 Å². The van der Waals surface area contributed by atoms with Crippen molar-refractivity contribution in [2.24, 2.45) is 11.3 Å². The molecule has 0 aromatic heterocycles. The lowest BCUT2D eigenvalue weighted by molar-refractivity contribution is -0.147. The van der Waals surface area contributed by atoms with Crippen LogP contribution in [0.25, 0.3) is 0 Å². The van der Waals surface area contributed by atoms with Crippen LogP contribution < -0.4 is 0 Å². The summed E-state index contributed by atoms with van der Waals surface area (Å²) in [6.07, 6.45) is 1.89. The van der Waals surface area contributed by atoms with E-state index >= 15 is 0 Å². The van der Waals surface area contributed by atoms with Crippen LogP contribution in [0.5, 0.6) is 0 Å². The number of hydrogen-bond acceptors (Lipinski definition) is 2. The third-order valence-electron chi connectivity index (χ3n) is 3.68. The van der Waals surface area contributed by atoms with Gasteiger partial charge in [-0.15, -0.1) is 0 Å². The smallest absolute Gasteiger partial charge is 0.310 e. The fraction of sp³-hybridized carbons (Fsp3) is 0.917. The molecule has 1 aliphatic heterocycles. The van der Waals surface area contributed by atoms with E-state index in [2.05, 4.69) is 25.7 Å². The summed E-state index contributed by atoms with van der Waals surface area (Å²) in [7, 11) is 0. The molecule has 0 aromatic carbocycles. The normalized spacial score (nSPS) is 29.7. The molecule has 0 aromatic rings. The largest absolute Gasteiger partial charge is 0.481 e. The summed E-state index contributed by atoms with van der Waals surface area (Å²) in [5.74, 6) is -0.0465. The summed E-state index contributed by atoms with van der Waals surface area (Å²) in [6.45, 7) is 10.1. The van der Waals surface area contributed by atoms with Crippen LogP contribution in [0.2, 0.25) is 0 Å². The molecule has 0 aliphatic carbocycles. The van der Waals surface area contributed by atoms with E-state index < -0.39 is 11.4 Å². The van der Waals surface area contributed by atoms with Crippen LogP contribution in [-0.4, -0.2) is 35.1 Å². The van der Waals surface area contributed by atoms with Gasteiger partial charge in [0.2, 0.25) is 0 Å². The van der Waals surface area contributed by atoms with Crippen molar-refractivity contribution in [2.75, 3.05) is 13.1 Å². The highest BCUT2D eigenvalue weighted by atomic mass is 16.4. The third kappa shape index (κ3) is 2.51. The van der Waals surface area contributed by atoms with Crippen molar-refractivity contribution in [1.82, 2.24) is 4.90 Å². The van der Waals surface area contributed by atoms with Crippen LogP contribution in [0.4, 0.5) is 0 Å². The molecule has 2 atom stereocenters. The summed E-state index contributed by atoms with van der Waals surface area (Å²) in [5.41, 5.74) is -0.525. The van der Waals surface area contributed by atoms with E-state index in [4.69, 9.17) is 5.11 Å². The summed E-state index contributed by atoms with van der Waals surface area (Å²) < 4.78 is 0. The molecule has 1 aliphatic rings. The minimum atomic E-state index is -0.649. The van der Waals surface area contributed by atoms with Crippen molar-refractivity contribution < 1.29 is 9.90 Å². The second-order valence-electron chi connectivity index (χ2n) is 5.31. The fourth-order valence-electron chi connectivity index (χ4n) is 2.61. The summed E-state index contributed by atoms with van der Waals surface area (Å²) >= 11 is 0. The van der Waals surface area contributed by atoms with Crippen LogP contribution in [0, 0.1) is 11.3 Å². The first-order chi connectivity index (χ1) is 6.90. The lowest BCUT2D eigenvalue weighted by atomic mass is 9.90. The first-order valence-corrected chi connectivity index (χ1v) is 5.88. The summed E-state index contributed by atoms with van der Waals surface area (Å²) in [4.78, 5) is 13.5. The van der Waals surface area contributed by atoms with Gasteiger partial charge in [0.05, 0.1) is 5.41 Å². The van der Waals surface area contributed by atoms with E-state index in [-0.39, 0.29) is 0 Å². The maximum absolute atomic E-state index is 11.1. The lowest BCUT2D eigenvalue weighted by Crippen LogP contribution is -2.39. The van der Waals surface area contributed by atoms with Crippen molar-refractivity contribution in [2.45, 2.75) is 46.6 Å². The third-order valence-corrected chi connectivity index (χ3v) is 3.68. The Balaban J connectivity index is 2.66. The molecule has 0 spiro atoms. The van der Waals surface area contributed by atoms with E-state index in [1.807, 2.05) is 6.92 Å². The molecule has 0 saturated carbocycles. The van der Waals surface area contributed by atoms with E-state index in [1.165, 1.54) is 0 Å². The number of carboxylic acid groups (broad SMARTS) is 1. The van der Waals surface area contributed by atoms with Gasteiger partial charge in [-0.3, -0.25) is 9.69 Å². The molecule has 0 bridgehead atoms. The average Bonchev–Trinajstić information content (AvgIpc) is 2.50. The van der Waals surface area contributed by atoms with E-state index in [1.54, 1.807) is 0 Å². The zero-order chi connectivity index (χ0) is 11.6. The fourth-order valence-corrected chi connectivity index (χ4v) is 2.61.